The summed E-state index contributed by atoms with van der Waals surface area (Å²) in [6.07, 6.45) is 10.4. The summed E-state index contributed by atoms with van der Waals surface area (Å²) in [5.41, 5.74) is 2.86. The molecule has 4 aliphatic rings. The Morgan fingerprint density at radius 2 is 1.87 bits per heavy atom. The van der Waals surface area contributed by atoms with Crippen molar-refractivity contribution in [2.24, 2.45) is 28.6 Å². The molecule has 0 aromatic heterocycles. The lowest BCUT2D eigenvalue weighted by Crippen LogP contribution is -2.50. The van der Waals surface area contributed by atoms with Crippen molar-refractivity contribution in [2.45, 2.75) is 85.2 Å². The van der Waals surface area contributed by atoms with E-state index in [4.69, 9.17) is 9.47 Å². The molecule has 5 heteroatoms. The lowest BCUT2D eigenvalue weighted by atomic mass is 9.47. The summed E-state index contributed by atoms with van der Waals surface area (Å²) in [5, 5.41) is 9.75. The molecule has 0 spiro atoms. The number of hydrogen-bond donors (Lipinski definition) is 0. The molecule has 6 atom stereocenters. The summed E-state index contributed by atoms with van der Waals surface area (Å²) in [6, 6.07) is 2.18. The van der Waals surface area contributed by atoms with Crippen LogP contribution in [0.3, 0.4) is 0 Å². The first-order chi connectivity index (χ1) is 14.7. The van der Waals surface area contributed by atoms with Crippen molar-refractivity contribution in [2.75, 3.05) is 6.61 Å². The predicted molar refractivity (Wildman–Crippen MR) is 117 cm³/mol. The molecule has 0 aromatic carbocycles. The molecule has 3 fully saturated rings. The Kier molecular flexibility index (Phi) is 5.79. The highest BCUT2D eigenvalue weighted by Gasteiger charge is 2.58. The first kappa shape index (κ1) is 22.1. The fraction of sp³-hybridized carbons (Fsp3) is 0.731. The van der Waals surface area contributed by atoms with Gasteiger partial charge in [-0.3, -0.25) is 4.79 Å². The van der Waals surface area contributed by atoms with Gasteiger partial charge in [0.1, 0.15) is 17.7 Å². The summed E-state index contributed by atoms with van der Waals surface area (Å²) in [7, 11) is 0. The van der Waals surface area contributed by atoms with E-state index in [-0.39, 0.29) is 28.5 Å². The molecule has 0 heterocycles. The molecule has 5 nitrogen and oxygen atoms in total. The maximum absolute atomic E-state index is 12.5. The summed E-state index contributed by atoms with van der Waals surface area (Å²) in [5.74, 6) is 1.07. The minimum absolute atomic E-state index is 0.0195. The Balaban J connectivity index is 1.62. The molecule has 0 amide bonds. The third kappa shape index (κ3) is 3.52. The fourth-order valence-corrected chi connectivity index (χ4v) is 7.63. The average Bonchev–Trinajstić information content (AvgIpc) is 3.06. The topological polar surface area (TPSA) is 76.4 Å². The summed E-state index contributed by atoms with van der Waals surface area (Å²) < 4.78 is 10.7. The van der Waals surface area contributed by atoms with Gasteiger partial charge in [0, 0.05) is 13.3 Å². The van der Waals surface area contributed by atoms with E-state index in [9.17, 15) is 14.9 Å². The number of esters is 2. The highest BCUT2D eigenvalue weighted by molar-refractivity contribution is 5.94. The molecule has 0 N–H and O–H groups in total. The van der Waals surface area contributed by atoms with Gasteiger partial charge in [0.05, 0.1) is 6.61 Å². The highest BCUT2D eigenvalue weighted by Crippen LogP contribution is 2.66. The highest BCUT2D eigenvalue weighted by atomic mass is 16.5. The normalized spacial score (nSPS) is 40.4. The number of allylic oxidation sites excluding steroid dienone is 2. The Labute approximate surface area is 185 Å². The van der Waals surface area contributed by atoms with Crippen LogP contribution in [0.15, 0.2) is 22.8 Å². The second-order valence-electron chi connectivity index (χ2n) is 10.4. The van der Waals surface area contributed by atoms with E-state index in [1.807, 2.05) is 0 Å². The molecule has 4 rings (SSSR count). The van der Waals surface area contributed by atoms with Crippen molar-refractivity contribution in [1.29, 1.82) is 5.26 Å². The summed E-state index contributed by atoms with van der Waals surface area (Å²) >= 11 is 0. The van der Waals surface area contributed by atoms with Crippen LogP contribution in [-0.2, 0) is 19.1 Å². The zero-order chi connectivity index (χ0) is 22.4. The van der Waals surface area contributed by atoms with Crippen molar-refractivity contribution >= 4 is 11.9 Å². The molecule has 3 saturated carbocycles. The smallest absolute Gasteiger partial charge is 0.348 e. The molecule has 0 aromatic rings. The Bertz CT molecular complexity index is 880. The van der Waals surface area contributed by atoms with Crippen LogP contribution in [0, 0.1) is 39.9 Å². The van der Waals surface area contributed by atoms with Crippen LogP contribution in [0.2, 0.25) is 0 Å². The number of fused-ring (bicyclic) bond motifs is 5. The van der Waals surface area contributed by atoms with Gasteiger partial charge in [0.15, 0.2) is 0 Å². The number of nitriles is 1. The molecular weight excluding hydrogens is 390 g/mol. The maximum Gasteiger partial charge on any atom is 0.348 e. The van der Waals surface area contributed by atoms with Crippen LogP contribution in [0.5, 0.6) is 0 Å². The van der Waals surface area contributed by atoms with Crippen molar-refractivity contribution in [3.05, 3.63) is 22.8 Å². The van der Waals surface area contributed by atoms with E-state index in [1.165, 1.54) is 12.5 Å². The van der Waals surface area contributed by atoms with Gasteiger partial charge in [-0.2, -0.15) is 5.26 Å². The van der Waals surface area contributed by atoms with Gasteiger partial charge < -0.3 is 9.47 Å². The molecule has 0 aliphatic heterocycles. The van der Waals surface area contributed by atoms with Crippen LogP contribution >= 0.6 is 0 Å². The number of hydrogen-bond acceptors (Lipinski definition) is 5. The molecule has 168 valence electrons. The SMILES string of the molecule is CCOC(=O)/C(C#N)=C1/CC[C@@H]2[C@@H]3CC=C4C[C@H](OC(C)=O)CC[C@]4(C)[C@@H]3CC[C@]12C. The number of carbonyl (C=O) groups is 2. The fourth-order valence-electron chi connectivity index (χ4n) is 7.63. The molecular formula is C26H35NO4. The first-order valence-corrected chi connectivity index (χ1v) is 11.9. The number of rotatable bonds is 3. The lowest BCUT2D eigenvalue weighted by Gasteiger charge is -2.57. The average molecular weight is 426 g/mol. The molecule has 0 bridgehead atoms. The third-order valence-electron chi connectivity index (χ3n) is 9.07. The monoisotopic (exact) mass is 425 g/mol. The molecule has 0 unspecified atom stereocenters. The first-order valence-electron chi connectivity index (χ1n) is 11.9. The second kappa shape index (κ2) is 8.11. The molecule has 4 aliphatic carbocycles. The van der Waals surface area contributed by atoms with Crippen molar-refractivity contribution in [1.82, 2.24) is 0 Å². The van der Waals surface area contributed by atoms with Crippen molar-refractivity contribution in [3.63, 3.8) is 0 Å². The largest absolute Gasteiger partial charge is 0.462 e. The second-order valence-corrected chi connectivity index (χ2v) is 10.4. The van der Waals surface area contributed by atoms with Gasteiger partial charge in [-0.1, -0.05) is 25.5 Å². The standard InChI is InChI=1S/C26H35NO4/c1-5-30-24(29)20(15-27)22-9-8-21-19-7-6-17-14-18(31-16(2)28)10-12-25(17,3)23(19)11-13-26(21,22)4/h6,18-19,21,23H,5,7-14H2,1-4H3/b22-20-/t18-,19+,21-,23-,25+,26+/m1/s1. The number of nitrogens with zero attached hydrogens (tertiary/aromatic N) is 1. The van der Waals surface area contributed by atoms with Gasteiger partial charge >= 0.3 is 11.9 Å². The van der Waals surface area contributed by atoms with E-state index in [0.29, 0.717) is 24.4 Å². The quantitative estimate of drug-likeness (QED) is 0.267. The Morgan fingerprint density at radius 1 is 1.16 bits per heavy atom. The van der Waals surface area contributed by atoms with E-state index in [0.717, 1.165) is 56.9 Å². The van der Waals surface area contributed by atoms with Crippen LogP contribution in [0.25, 0.3) is 0 Å². The van der Waals surface area contributed by atoms with Gasteiger partial charge in [-0.05, 0) is 86.0 Å². The number of ether oxygens (including phenoxy) is 2. The third-order valence-corrected chi connectivity index (χ3v) is 9.07. The Hall–Kier alpha value is -2.09. The predicted octanol–water partition coefficient (Wildman–Crippen LogP) is 5.26. The zero-order valence-corrected chi connectivity index (χ0v) is 19.3. The number of carbonyl (C=O) groups excluding carboxylic acids is 2. The Morgan fingerprint density at radius 3 is 2.55 bits per heavy atom. The van der Waals surface area contributed by atoms with Crippen LogP contribution in [0.1, 0.15) is 79.1 Å². The summed E-state index contributed by atoms with van der Waals surface area (Å²) in [4.78, 5) is 23.9. The van der Waals surface area contributed by atoms with Crippen molar-refractivity contribution in [3.8, 4) is 6.07 Å². The van der Waals surface area contributed by atoms with E-state index in [1.54, 1.807) is 6.92 Å². The minimum atomic E-state index is -0.453. The zero-order valence-electron chi connectivity index (χ0n) is 19.3. The van der Waals surface area contributed by atoms with E-state index < -0.39 is 5.97 Å². The lowest BCUT2D eigenvalue weighted by molar-refractivity contribution is -0.148. The van der Waals surface area contributed by atoms with Crippen molar-refractivity contribution < 1.29 is 19.1 Å². The van der Waals surface area contributed by atoms with Crippen LogP contribution < -0.4 is 0 Å². The van der Waals surface area contributed by atoms with Gasteiger partial charge in [-0.15, -0.1) is 0 Å². The molecule has 0 saturated heterocycles. The van der Waals surface area contributed by atoms with E-state index in [2.05, 4.69) is 26.0 Å². The minimum Gasteiger partial charge on any atom is -0.462 e. The summed E-state index contributed by atoms with van der Waals surface area (Å²) in [6.45, 7) is 8.28. The van der Waals surface area contributed by atoms with E-state index >= 15 is 0 Å². The van der Waals surface area contributed by atoms with Gasteiger partial charge in [0.25, 0.3) is 0 Å². The van der Waals surface area contributed by atoms with Gasteiger partial charge in [0.2, 0.25) is 0 Å². The van der Waals surface area contributed by atoms with Gasteiger partial charge in [-0.25, -0.2) is 4.79 Å². The molecule has 31 heavy (non-hydrogen) atoms. The molecule has 0 radical (unpaired) electrons. The van der Waals surface area contributed by atoms with Crippen LogP contribution in [0.4, 0.5) is 0 Å². The van der Waals surface area contributed by atoms with Crippen LogP contribution in [-0.4, -0.2) is 24.6 Å². The maximum atomic E-state index is 12.5.